The van der Waals surface area contributed by atoms with Crippen molar-refractivity contribution in [1.82, 2.24) is 5.32 Å². The molecule has 0 aromatic heterocycles. The van der Waals surface area contributed by atoms with Crippen molar-refractivity contribution in [2.24, 2.45) is 0 Å². The maximum atomic E-state index is 13.3. The fourth-order valence-electron chi connectivity index (χ4n) is 1.37. The van der Waals surface area contributed by atoms with Gasteiger partial charge in [0.15, 0.2) is 0 Å². The van der Waals surface area contributed by atoms with Gasteiger partial charge in [-0.1, -0.05) is 19.9 Å². The van der Waals surface area contributed by atoms with Crippen LogP contribution in [0, 0.1) is 12.7 Å². The number of benzene rings is 1. The molecule has 0 saturated carbocycles. The minimum atomic E-state index is -3.44. The molecule has 4 nitrogen and oxygen atoms in total. The number of hydrogen-bond acceptors (Lipinski definition) is 3. The summed E-state index contributed by atoms with van der Waals surface area (Å²) in [5.74, 6) is -0.462. The van der Waals surface area contributed by atoms with Crippen LogP contribution in [0.2, 0.25) is 0 Å². The van der Waals surface area contributed by atoms with Crippen molar-refractivity contribution < 1.29 is 12.8 Å². The summed E-state index contributed by atoms with van der Waals surface area (Å²) < 4.78 is 39.0. The Morgan fingerprint density at radius 1 is 1.33 bits per heavy atom. The van der Waals surface area contributed by atoms with E-state index in [0.29, 0.717) is 12.1 Å². The predicted molar refractivity (Wildman–Crippen MR) is 71.7 cm³/mol. The Hall–Kier alpha value is -1.14. The third kappa shape index (κ3) is 5.01. The largest absolute Gasteiger partial charge is 0.313 e. The lowest BCUT2D eigenvalue weighted by molar-refractivity contribution is 0.582. The first-order chi connectivity index (χ1) is 8.30. The number of aryl methyl sites for hydroxylation is 1. The van der Waals surface area contributed by atoms with Crippen molar-refractivity contribution in [3.05, 3.63) is 29.6 Å². The molecule has 0 unspecified atom stereocenters. The molecule has 0 saturated heterocycles. The van der Waals surface area contributed by atoms with E-state index < -0.39 is 15.8 Å². The highest BCUT2D eigenvalue weighted by Crippen LogP contribution is 2.14. The van der Waals surface area contributed by atoms with E-state index in [1.807, 2.05) is 13.8 Å². The minimum absolute atomic E-state index is 0.0410. The van der Waals surface area contributed by atoms with Gasteiger partial charge in [0.25, 0.3) is 0 Å². The van der Waals surface area contributed by atoms with Crippen molar-refractivity contribution >= 4 is 15.7 Å². The van der Waals surface area contributed by atoms with Gasteiger partial charge in [0.05, 0.1) is 11.4 Å². The quantitative estimate of drug-likeness (QED) is 0.832. The third-order valence-electron chi connectivity index (χ3n) is 2.37. The second kappa shape index (κ2) is 6.15. The van der Waals surface area contributed by atoms with Crippen LogP contribution < -0.4 is 10.0 Å². The van der Waals surface area contributed by atoms with E-state index in [-0.39, 0.29) is 17.5 Å². The molecule has 1 aromatic carbocycles. The summed E-state index contributed by atoms with van der Waals surface area (Å²) in [5, 5.41) is 3.01. The van der Waals surface area contributed by atoms with Crippen molar-refractivity contribution in [1.29, 1.82) is 0 Å². The number of halogens is 1. The topological polar surface area (TPSA) is 58.2 Å². The summed E-state index contributed by atoms with van der Waals surface area (Å²) in [4.78, 5) is 0. The molecule has 0 fully saturated rings. The lowest BCUT2D eigenvalue weighted by atomic mass is 10.2. The number of sulfonamides is 1. The maximum absolute atomic E-state index is 13.3. The lowest BCUT2D eigenvalue weighted by Gasteiger charge is -2.11. The highest BCUT2D eigenvalue weighted by molar-refractivity contribution is 7.92. The van der Waals surface area contributed by atoms with Gasteiger partial charge in [0, 0.05) is 12.6 Å². The summed E-state index contributed by atoms with van der Waals surface area (Å²) in [5.41, 5.74) is 0.738. The molecule has 1 rings (SSSR count). The molecule has 0 radical (unpaired) electrons. The van der Waals surface area contributed by atoms with E-state index in [2.05, 4.69) is 10.0 Å². The van der Waals surface area contributed by atoms with Gasteiger partial charge in [-0.05, 0) is 24.6 Å². The van der Waals surface area contributed by atoms with E-state index in [1.54, 1.807) is 19.1 Å². The normalized spacial score (nSPS) is 11.8. The molecule has 0 aliphatic heterocycles. The molecule has 0 aliphatic carbocycles. The number of hydrogen-bond donors (Lipinski definition) is 2. The molecule has 18 heavy (non-hydrogen) atoms. The highest BCUT2D eigenvalue weighted by atomic mass is 32.2. The van der Waals surface area contributed by atoms with Crippen LogP contribution in [0.3, 0.4) is 0 Å². The number of nitrogens with one attached hydrogen (secondary N) is 2. The SMILES string of the molecule is Cc1ccc(NS(=O)(=O)CCNC(C)C)cc1F. The average molecular weight is 274 g/mol. The number of rotatable bonds is 6. The van der Waals surface area contributed by atoms with Crippen molar-refractivity contribution in [2.45, 2.75) is 26.8 Å². The van der Waals surface area contributed by atoms with Crippen LogP contribution >= 0.6 is 0 Å². The van der Waals surface area contributed by atoms with Gasteiger partial charge < -0.3 is 5.32 Å². The average Bonchev–Trinajstić information content (AvgIpc) is 2.22. The van der Waals surface area contributed by atoms with E-state index in [4.69, 9.17) is 0 Å². The molecular weight excluding hydrogens is 255 g/mol. The smallest absolute Gasteiger partial charge is 0.233 e. The molecule has 2 N–H and O–H groups in total. The Balaban J connectivity index is 2.62. The van der Waals surface area contributed by atoms with Crippen LogP contribution in [0.15, 0.2) is 18.2 Å². The van der Waals surface area contributed by atoms with E-state index in [0.717, 1.165) is 0 Å². The van der Waals surface area contributed by atoms with Gasteiger partial charge in [-0.2, -0.15) is 0 Å². The van der Waals surface area contributed by atoms with Gasteiger partial charge in [0.1, 0.15) is 5.82 Å². The van der Waals surface area contributed by atoms with Crippen LogP contribution in [-0.4, -0.2) is 26.8 Å². The van der Waals surface area contributed by atoms with Gasteiger partial charge >= 0.3 is 0 Å². The Bertz CT molecular complexity index is 501. The first kappa shape index (κ1) is 14.9. The molecular formula is C12H19FN2O2S. The summed E-state index contributed by atoms with van der Waals surface area (Å²) in [6, 6.07) is 4.51. The molecule has 6 heteroatoms. The van der Waals surface area contributed by atoms with Crippen LogP contribution in [0.1, 0.15) is 19.4 Å². The van der Waals surface area contributed by atoms with Gasteiger partial charge in [-0.25, -0.2) is 12.8 Å². The van der Waals surface area contributed by atoms with Crippen molar-refractivity contribution in [2.75, 3.05) is 17.0 Å². The summed E-state index contributed by atoms with van der Waals surface area (Å²) >= 11 is 0. The maximum Gasteiger partial charge on any atom is 0.233 e. The van der Waals surface area contributed by atoms with Gasteiger partial charge in [0.2, 0.25) is 10.0 Å². The lowest BCUT2D eigenvalue weighted by Crippen LogP contribution is -2.30. The van der Waals surface area contributed by atoms with E-state index in [9.17, 15) is 12.8 Å². The molecule has 1 aromatic rings. The molecule has 102 valence electrons. The highest BCUT2D eigenvalue weighted by Gasteiger charge is 2.11. The third-order valence-corrected chi connectivity index (χ3v) is 3.66. The summed E-state index contributed by atoms with van der Waals surface area (Å²) in [6.45, 7) is 5.87. The fraction of sp³-hybridized carbons (Fsp3) is 0.500. The second-order valence-corrected chi connectivity index (χ2v) is 6.34. The Kier molecular flexibility index (Phi) is 5.10. The minimum Gasteiger partial charge on any atom is -0.313 e. The van der Waals surface area contributed by atoms with E-state index >= 15 is 0 Å². The van der Waals surface area contributed by atoms with Crippen LogP contribution in [0.4, 0.5) is 10.1 Å². The van der Waals surface area contributed by atoms with Crippen molar-refractivity contribution in [3.63, 3.8) is 0 Å². The monoisotopic (exact) mass is 274 g/mol. The first-order valence-corrected chi connectivity index (χ1v) is 7.45. The zero-order valence-electron chi connectivity index (χ0n) is 10.8. The standard InChI is InChI=1S/C12H19FN2O2S/c1-9(2)14-6-7-18(16,17)15-11-5-4-10(3)12(13)8-11/h4-5,8-9,14-15H,6-7H2,1-3H3. The first-order valence-electron chi connectivity index (χ1n) is 5.80. The Morgan fingerprint density at radius 3 is 2.56 bits per heavy atom. The molecule has 0 amide bonds. The Morgan fingerprint density at radius 2 is 2.00 bits per heavy atom. The summed E-state index contributed by atoms with van der Waals surface area (Å²) in [6.07, 6.45) is 0. The van der Waals surface area contributed by atoms with Crippen LogP contribution in [0.5, 0.6) is 0 Å². The molecule has 0 atom stereocenters. The van der Waals surface area contributed by atoms with E-state index in [1.165, 1.54) is 6.07 Å². The zero-order valence-corrected chi connectivity index (χ0v) is 11.6. The molecule has 0 aliphatic rings. The Labute approximate surface area is 108 Å². The fourth-order valence-corrected chi connectivity index (χ4v) is 2.34. The van der Waals surface area contributed by atoms with Gasteiger partial charge in [-0.15, -0.1) is 0 Å². The van der Waals surface area contributed by atoms with Crippen molar-refractivity contribution in [3.8, 4) is 0 Å². The zero-order chi connectivity index (χ0) is 13.8. The second-order valence-electron chi connectivity index (χ2n) is 4.49. The van der Waals surface area contributed by atoms with Crippen LogP contribution in [0.25, 0.3) is 0 Å². The summed E-state index contributed by atoms with van der Waals surface area (Å²) in [7, 11) is -3.44. The molecule has 0 bridgehead atoms. The van der Waals surface area contributed by atoms with Crippen LogP contribution in [-0.2, 0) is 10.0 Å². The molecule has 0 spiro atoms. The predicted octanol–water partition coefficient (Wildman–Crippen LogP) is 1.87. The van der Waals surface area contributed by atoms with Gasteiger partial charge in [-0.3, -0.25) is 4.72 Å². The number of anilines is 1. The molecule has 0 heterocycles.